The number of hydrogen-bond donors (Lipinski definition) is 1. The van der Waals surface area contributed by atoms with Crippen molar-refractivity contribution in [3.63, 3.8) is 0 Å². The molecular weight excluding hydrogens is 257 g/mol. The van der Waals surface area contributed by atoms with Crippen molar-refractivity contribution in [1.82, 2.24) is 0 Å². The van der Waals surface area contributed by atoms with Crippen molar-refractivity contribution in [3.05, 3.63) is 12.2 Å². The molecule has 16 heavy (non-hydrogen) atoms. The molecule has 0 aromatic rings. The van der Waals surface area contributed by atoms with Gasteiger partial charge in [-0.05, 0) is 13.3 Å². The third-order valence-electron chi connectivity index (χ3n) is 1.63. The van der Waals surface area contributed by atoms with E-state index in [4.69, 9.17) is 10.1 Å². The molecule has 0 fully saturated rings. The second kappa shape index (κ2) is 20.5. The monoisotopic (exact) mass is 284 g/mol. The van der Waals surface area contributed by atoms with Gasteiger partial charge in [0.15, 0.2) is 0 Å². The Labute approximate surface area is 120 Å². The van der Waals surface area contributed by atoms with Crippen LogP contribution in [0.25, 0.3) is 0 Å². The average molecular weight is 284 g/mol. The molecule has 2 nitrogen and oxygen atoms in total. The average Bonchev–Trinajstić information content (AvgIpc) is 2.20. The van der Waals surface area contributed by atoms with Gasteiger partial charge in [0.1, 0.15) is 0 Å². The minimum Gasteiger partial charge on any atom is -0.478 e. The third kappa shape index (κ3) is 19.7. The van der Waals surface area contributed by atoms with Gasteiger partial charge in [-0.15, -0.1) is 0 Å². The van der Waals surface area contributed by atoms with Gasteiger partial charge < -0.3 is 4.74 Å². The Morgan fingerprint density at radius 3 is 2.06 bits per heavy atom. The molecule has 0 atom stereocenters. The zero-order chi connectivity index (χ0) is 11.4. The van der Waals surface area contributed by atoms with Crippen LogP contribution < -0.4 is 0 Å². The van der Waals surface area contributed by atoms with E-state index in [9.17, 15) is 0 Å². The van der Waals surface area contributed by atoms with E-state index in [1.54, 1.807) is 6.92 Å². The summed E-state index contributed by atoms with van der Waals surface area (Å²) in [6.07, 6.45) is 4.73. The molecule has 0 saturated carbocycles. The molecule has 0 unspecified atom stereocenters. The molecule has 0 aliphatic rings. The Hall–Kier alpha value is 0.144. The summed E-state index contributed by atoms with van der Waals surface area (Å²) >= 11 is 0. The molecule has 0 aromatic heterocycles. The summed E-state index contributed by atoms with van der Waals surface area (Å²) < 4.78 is 5.13. The van der Waals surface area contributed by atoms with Gasteiger partial charge in [0.25, 0.3) is 0 Å². The first kappa shape index (κ1) is 25.1. The van der Waals surface area contributed by atoms with E-state index in [1.165, 1.54) is 19.3 Å². The molecule has 0 spiro atoms. The van der Waals surface area contributed by atoms with E-state index in [1.807, 2.05) is 13.8 Å². The first-order chi connectivity index (χ1) is 6.68. The number of nitrogens with one attached hydrogen (secondary N) is 1. The Morgan fingerprint density at radius 2 is 1.69 bits per heavy atom. The molecule has 0 bridgehead atoms. The van der Waals surface area contributed by atoms with Crippen molar-refractivity contribution in [2.24, 2.45) is 0 Å². The van der Waals surface area contributed by atoms with Crippen LogP contribution in [-0.4, -0.2) is 12.5 Å². The zero-order valence-corrected chi connectivity index (χ0v) is 13.5. The molecule has 1 radical (unpaired) electrons. The Morgan fingerprint density at radius 1 is 1.19 bits per heavy atom. The molecule has 4 heteroatoms. The van der Waals surface area contributed by atoms with E-state index in [2.05, 4.69) is 13.5 Å². The Bertz CT molecular complexity index is 163. The largest absolute Gasteiger partial charge is 0.478 e. The minimum absolute atomic E-state index is 0. The van der Waals surface area contributed by atoms with Gasteiger partial charge >= 0.3 is 0 Å². The maximum Gasteiger partial charge on any atom is 0.208 e. The molecule has 0 aliphatic carbocycles. The Balaban J connectivity index is -0.000000169. The van der Waals surface area contributed by atoms with Crippen LogP contribution in [0.4, 0.5) is 0 Å². The smallest absolute Gasteiger partial charge is 0.208 e. The molecule has 1 N–H and O–H groups in total. The molecular formula is C12H27NOSV. The predicted molar refractivity (Wildman–Crippen MR) is 74.4 cm³/mol. The summed E-state index contributed by atoms with van der Waals surface area (Å²) in [4.78, 5) is 0. The van der Waals surface area contributed by atoms with E-state index in [0.29, 0.717) is 12.2 Å². The van der Waals surface area contributed by atoms with Crippen LogP contribution >= 0.6 is 13.5 Å². The molecule has 0 aromatic carbocycles. The minimum atomic E-state index is 0. The van der Waals surface area contributed by atoms with Crippen LogP contribution in [0.2, 0.25) is 0 Å². The SMILES string of the molecule is C=C(C)C(=N)OCCCCCC.CC.S.[V]. The number of rotatable bonds is 6. The fourth-order valence-electron chi connectivity index (χ4n) is 0.826. The summed E-state index contributed by atoms with van der Waals surface area (Å²) in [7, 11) is 0. The van der Waals surface area contributed by atoms with Crippen LogP contribution in [0.3, 0.4) is 0 Å². The first-order valence-electron chi connectivity index (χ1n) is 5.55. The van der Waals surface area contributed by atoms with Crippen LogP contribution in [0.1, 0.15) is 53.4 Å². The molecule has 0 aliphatic heterocycles. The van der Waals surface area contributed by atoms with E-state index < -0.39 is 0 Å². The van der Waals surface area contributed by atoms with Crippen molar-refractivity contribution in [2.75, 3.05) is 6.61 Å². The van der Waals surface area contributed by atoms with Crippen molar-refractivity contribution in [1.29, 1.82) is 5.41 Å². The van der Waals surface area contributed by atoms with Crippen LogP contribution in [0.15, 0.2) is 12.2 Å². The standard InChI is InChI=1S/C10H19NO.C2H6.H2S.V/c1-4-5-6-7-8-12-10(11)9(2)3;1-2;;/h11H,2,4-8H2,1,3H3;1-2H3;1H2;. The summed E-state index contributed by atoms with van der Waals surface area (Å²) in [5, 5.41) is 7.30. The normalized spacial score (nSPS) is 7.50. The van der Waals surface area contributed by atoms with Crippen molar-refractivity contribution >= 4 is 19.4 Å². The van der Waals surface area contributed by atoms with Crippen molar-refractivity contribution in [3.8, 4) is 0 Å². The predicted octanol–water partition coefficient (Wildman–Crippen LogP) is 4.27. The van der Waals surface area contributed by atoms with E-state index in [-0.39, 0.29) is 37.9 Å². The number of ether oxygens (including phenoxy) is 1. The van der Waals surface area contributed by atoms with Crippen LogP contribution in [0, 0.1) is 5.41 Å². The fraction of sp³-hybridized carbons (Fsp3) is 0.750. The maximum atomic E-state index is 7.30. The van der Waals surface area contributed by atoms with E-state index >= 15 is 0 Å². The van der Waals surface area contributed by atoms with Crippen molar-refractivity contribution < 1.29 is 23.3 Å². The molecule has 97 valence electrons. The molecule has 0 saturated heterocycles. The van der Waals surface area contributed by atoms with E-state index in [0.717, 1.165) is 6.42 Å². The van der Waals surface area contributed by atoms with Gasteiger partial charge in [-0.1, -0.05) is 46.6 Å². The first-order valence-corrected chi connectivity index (χ1v) is 5.55. The van der Waals surface area contributed by atoms with Gasteiger partial charge in [0, 0.05) is 24.1 Å². The van der Waals surface area contributed by atoms with Gasteiger partial charge in [-0.2, -0.15) is 13.5 Å². The summed E-state index contributed by atoms with van der Waals surface area (Å²) in [6.45, 7) is 12.2. The molecule has 0 heterocycles. The topological polar surface area (TPSA) is 33.1 Å². The van der Waals surface area contributed by atoms with Crippen molar-refractivity contribution in [2.45, 2.75) is 53.4 Å². The van der Waals surface area contributed by atoms with Crippen LogP contribution in [-0.2, 0) is 23.3 Å². The second-order valence-corrected chi connectivity index (χ2v) is 3.02. The third-order valence-corrected chi connectivity index (χ3v) is 1.63. The number of hydrogen-bond acceptors (Lipinski definition) is 2. The second-order valence-electron chi connectivity index (χ2n) is 3.02. The molecule has 0 amide bonds. The van der Waals surface area contributed by atoms with Gasteiger partial charge in [0.05, 0.1) is 6.61 Å². The summed E-state index contributed by atoms with van der Waals surface area (Å²) in [5.74, 6) is 0.228. The summed E-state index contributed by atoms with van der Waals surface area (Å²) in [5.41, 5.74) is 0.700. The number of unbranched alkanes of at least 4 members (excludes halogenated alkanes) is 3. The fourth-order valence-corrected chi connectivity index (χ4v) is 0.826. The molecule has 0 rings (SSSR count). The summed E-state index contributed by atoms with van der Waals surface area (Å²) in [6, 6.07) is 0. The van der Waals surface area contributed by atoms with Gasteiger partial charge in [0.2, 0.25) is 5.90 Å². The quantitative estimate of drug-likeness (QED) is 0.441. The maximum absolute atomic E-state index is 7.30. The van der Waals surface area contributed by atoms with Gasteiger partial charge in [-0.25, -0.2) is 0 Å². The van der Waals surface area contributed by atoms with Gasteiger partial charge in [-0.3, -0.25) is 5.41 Å². The Kier molecular flexibility index (Phi) is 32.2. The van der Waals surface area contributed by atoms with Crippen LogP contribution in [0.5, 0.6) is 0 Å². The zero-order valence-electron chi connectivity index (χ0n) is 11.1.